The first kappa shape index (κ1) is 16.3. The van der Waals surface area contributed by atoms with Crippen LogP contribution in [0, 0.1) is 0 Å². The van der Waals surface area contributed by atoms with Crippen molar-refractivity contribution in [2.24, 2.45) is 0 Å². The van der Waals surface area contributed by atoms with E-state index in [0.717, 1.165) is 5.52 Å². The lowest BCUT2D eigenvalue weighted by molar-refractivity contribution is 0.298. The van der Waals surface area contributed by atoms with Crippen molar-refractivity contribution in [1.29, 1.82) is 0 Å². The van der Waals surface area contributed by atoms with Gasteiger partial charge in [0, 0.05) is 30.2 Å². The molecular formula is C21H16N4O3. The van der Waals surface area contributed by atoms with Crippen LogP contribution in [0.2, 0.25) is 0 Å². The predicted octanol–water partition coefficient (Wildman–Crippen LogP) is 3.38. The van der Waals surface area contributed by atoms with Crippen molar-refractivity contribution >= 4 is 16.5 Å². The number of hydrogen-bond donors (Lipinski definition) is 0. The summed E-state index contributed by atoms with van der Waals surface area (Å²) in [5.41, 5.74) is 1.97. The van der Waals surface area contributed by atoms with Crippen LogP contribution >= 0.6 is 0 Å². The van der Waals surface area contributed by atoms with Crippen molar-refractivity contribution in [3.63, 3.8) is 0 Å². The molecule has 0 aliphatic heterocycles. The van der Waals surface area contributed by atoms with Crippen molar-refractivity contribution in [3.8, 4) is 17.2 Å². The van der Waals surface area contributed by atoms with E-state index in [1.807, 2.05) is 39.6 Å². The summed E-state index contributed by atoms with van der Waals surface area (Å²) in [6.45, 7) is 1.16. The molecule has 5 rings (SSSR count). The number of benzene rings is 1. The molecule has 0 radical (unpaired) electrons. The van der Waals surface area contributed by atoms with E-state index in [4.69, 9.17) is 9.15 Å². The summed E-state index contributed by atoms with van der Waals surface area (Å²) in [5.74, 6) is 1.07. The normalized spacial score (nSPS) is 11.3. The van der Waals surface area contributed by atoms with Crippen LogP contribution < -0.4 is 10.2 Å². The summed E-state index contributed by atoms with van der Waals surface area (Å²) in [4.78, 5) is 21.0. The van der Waals surface area contributed by atoms with Gasteiger partial charge in [-0.3, -0.25) is 4.79 Å². The lowest BCUT2D eigenvalue weighted by Gasteiger charge is -2.08. The number of fused-ring (bicyclic) bond motifs is 2. The van der Waals surface area contributed by atoms with E-state index in [0.29, 0.717) is 41.3 Å². The van der Waals surface area contributed by atoms with Crippen molar-refractivity contribution in [2.45, 2.75) is 6.54 Å². The highest BCUT2D eigenvalue weighted by Crippen LogP contribution is 2.24. The Bertz CT molecular complexity index is 1320. The van der Waals surface area contributed by atoms with Gasteiger partial charge in [-0.2, -0.15) is 0 Å². The highest BCUT2D eigenvalue weighted by Gasteiger charge is 2.10. The third-order valence-electron chi connectivity index (χ3n) is 4.55. The second kappa shape index (κ2) is 6.70. The van der Waals surface area contributed by atoms with Crippen LogP contribution in [0.25, 0.3) is 27.9 Å². The summed E-state index contributed by atoms with van der Waals surface area (Å²) in [6, 6.07) is 12.5. The summed E-state index contributed by atoms with van der Waals surface area (Å²) in [5, 5.41) is 0.479. The molecule has 0 N–H and O–H groups in total. The van der Waals surface area contributed by atoms with Gasteiger partial charge in [0.15, 0.2) is 11.2 Å². The third kappa shape index (κ3) is 3.03. The standard InChI is InChI=1S/C21H16N4O3/c26-19-12-21(18-10-15-2-1-6-25(15)14-23-18)28-20-4-3-16(11-17(19)20)27-9-8-24-7-5-22-13-24/h1-7,10-14H,8-9H2. The summed E-state index contributed by atoms with van der Waals surface area (Å²) < 4.78 is 15.5. The molecule has 0 spiro atoms. The predicted molar refractivity (Wildman–Crippen MR) is 104 cm³/mol. The van der Waals surface area contributed by atoms with Crippen molar-refractivity contribution < 1.29 is 9.15 Å². The van der Waals surface area contributed by atoms with Crippen molar-refractivity contribution in [1.82, 2.24) is 18.9 Å². The van der Waals surface area contributed by atoms with Gasteiger partial charge >= 0.3 is 0 Å². The third-order valence-corrected chi connectivity index (χ3v) is 4.55. The maximum absolute atomic E-state index is 12.6. The number of rotatable bonds is 5. The van der Waals surface area contributed by atoms with Crippen molar-refractivity contribution in [2.75, 3.05) is 6.61 Å². The molecule has 0 aliphatic rings. The number of aromatic nitrogens is 4. The van der Waals surface area contributed by atoms with E-state index in [1.165, 1.54) is 6.07 Å². The molecule has 4 heterocycles. The molecule has 0 bridgehead atoms. The molecule has 28 heavy (non-hydrogen) atoms. The van der Waals surface area contributed by atoms with Crippen LogP contribution in [0.3, 0.4) is 0 Å². The molecule has 5 aromatic rings. The van der Waals surface area contributed by atoms with Gasteiger partial charge in [0.1, 0.15) is 23.6 Å². The van der Waals surface area contributed by atoms with Crippen LogP contribution in [-0.4, -0.2) is 25.5 Å². The summed E-state index contributed by atoms with van der Waals surface area (Å²) in [7, 11) is 0. The molecule has 4 aromatic heterocycles. The highest BCUT2D eigenvalue weighted by atomic mass is 16.5. The lowest BCUT2D eigenvalue weighted by atomic mass is 10.2. The Hall–Kier alpha value is -3.87. The SMILES string of the molecule is O=c1cc(-c2cc3cccn3cn2)oc2ccc(OCCn3ccnc3)cc12. The first-order chi connectivity index (χ1) is 13.8. The summed E-state index contributed by atoms with van der Waals surface area (Å²) >= 11 is 0. The van der Waals surface area contributed by atoms with Crippen molar-refractivity contribution in [3.05, 3.63) is 83.9 Å². The van der Waals surface area contributed by atoms with Crippen LogP contribution in [0.1, 0.15) is 0 Å². The monoisotopic (exact) mass is 372 g/mol. The van der Waals surface area contributed by atoms with Gasteiger partial charge in [0.25, 0.3) is 0 Å². The van der Waals surface area contributed by atoms with E-state index in [9.17, 15) is 4.79 Å². The fourth-order valence-corrected chi connectivity index (χ4v) is 3.11. The topological polar surface area (TPSA) is 74.6 Å². The van der Waals surface area contributed by atoms with Gasteiger partial charge in [0.05, 0.1) is 24.6 Å². The molecule has 0 unspecified atom stereocenters. The smallest absolute Gasteiger partial charge is 0.193 e. The Kier molecular flexibility index (Phi) is 3.90. The first-order valence-corrected chi connectivity index (χ1v) is 8.86. The quantitative estimate of drug-likeness (QED) is 0.473. The maximum Gasteiger partial charge on any atom is 0.193 e. The minimum Gasteiger partial charge on any atom is -0.492 e. The zero-order valence-corrected chi connectivity index (χ0v) is 14.9. The van der Waals surface area contributed by atoms with E-state index >= 15 is 0 Å². The Balaban J connectivity index is 1.43. The minimum absolute atomic E-state index is 0.131. The molecular weight excluding hydrogens is 356 g/mol. The van der Waals surface area contributed by atoms with E-state index < -0.39 is 0 Å². The molecule has 0 atom stereocenters. The van der Waals surface area contributed by atoms with Crippen LogP contribution in [0.15, 0.2) is 82.9 Å². The average molecular weight is 372 g/mol. The number of nitrogens with zero attached hydrogens (tertiary/aromatic N) is 4. The molecule has 0 fully saturated rings. The fourth-order valence-electron chi connectivity index (χ4n) is 3.11. The first-order valence-electron chi connectivity index (χ1n) is 8.86. The second-order valence-corrected chi connectivity index (χ2v) is 6.40. The molecule has 0 aliphatic carbocycles. The molecule has 7 heteroatoms. The largest absolute Gasteiger partial charge is 0.492 e. The lowest BCUT2D eigenvalue weighted by Crippen LogP contribution is -2.07. The van der Waals surface area contributed by atoms with E-state index in [2.05, 4.69) is 9.97 Å². The van der Waals surface area contributed by atoms with Gasteiger partial charge in [-0.05, 0) is 36.4 Å². The number of imidazole rings is 1. The zero-order chi connectivity index (χ0) is 18.9. The fraction of sp³-hybridized carbons (Fsp3) is 0.0952. The number of ether oxygens (including phenoxy) is 1. The highest BCUT2D eigenvalue weighted by molar-refractivity contribution is 5.80. The molecule has 1 aromatic carbocycles. The number of hydrogen-bond acceptors (Lipinski definition) is 5. The van der Waals surface area contributed by atoms with Gasteiger partial charge in [-0.1, -0.05) is 0 Å². The van der Waals surface area contributed by atoms with Gasteiger partial charge in [-0.15, -0.1) is 0 Å². The van der Waals surface area contributed by atoms with Crippen LogP contribution in [0.4, 0.5) is 0 Å². The van der Waals surface area contributed by atoms with Crippen LogP contribution in [0.5, 0.6) is 5.75 Å². The Morgan fingerprint density at radius 2 is 2.04 bits per heavy atom. The molecule has 0 saturated heterocycles. The Morgan fingerprint density at radius 1 is 1.07 bits per heavy atom. The van der Waals surface area contributed by atoms with E-state index in [-0.39, 0.29) is 5.43 Å². The van der Waals surface area contributed by atoms with Gasteiger partial charge < -0.3 is 18.1 Å². The molecule has 0 amide bonds. The summed E-state index contributed by atoms with van der Waals surface area (Å²) in [6.07, 6.45) is 8.95. The van der Waals surface area contributed by atoms with Crippen LogP contribution in [-0.2, 0) is 6.54 Å². The zero-order valence-electron chi connectivity index (χ0n) is 14.9. The average Bonchev–Trinajstić information content (AvgIpc) is 3.39. The maximum atomic E-state index is 12.6. The molecule has 138 valence electrons. The second-order valence-electron chi connectivity index (χ2n) is 6.40. The van der Waals surface area contributed by atoms with Gasteiger partial charge in [-0.25, -0.2) is 9.97 Å². The van der Waals surface area contributed by atoms with E-state index in [1.54, 1.807) is 37.1 Å². The minimum atomic E-state index is -0.131. The Morgan fingerprint density at radius 3 is 2.93 bits per heavy atom. The van der Waals surface area contributed by atoms with Gasteiger partial charge in [0.2, 0.25) is 0 Å². The molecule has 0 saturated carbocycles. The Labute approximate surface area is 159 Å². The molecule has 7 nitrogen and oxygen atoms in total.